The Balaban J connectivity index is 1.55. The van der Waals surface area contributed by atoms with Gasteiger partial charge in [-0.25, -0.2) is 13.8 Å². The van der Waals surface area contributed by atoms with E-state index in [1.165, 1.54) is 6.07 Å². The predicted molar refractivity (Wildman–Crippen MR) is 96.0 cm³/mol. The van der Waals surface area contributed by atoms with Crippen LogP contribution < -0.4 is 4.74 Å². The zero-order chi connectivity index (χ0) is 17.9. The van der Waals surface area contributed by atoms with Gasteiger partial charge in [0, 0.05) is 29.4 Å². The third kappa shape index (κ3) is 3.28. The van der Waals surface area contributed by atoms with E-state index in [0.717, 1.165) is 22.7 Å². The standard InChI is InChI=1S/C21H16F2N2O/c22-18-12-20(26-14-15-5-2-1-3-6-15)19(23)11-17(18)13-25-10-8-16-7-4-9-24-21(16)25/h1-12H,13-14H2. The summed E-state index contributed by atoms with van der Waals surface area (Å²) in [5.74, 6) is -1.18. The van der Waals surface area contributed by atoms with Gasteiger partial charge in [0.2, 0.25) is 0 Å². The van der Waals surface area contributed by atoms with E-state index in [1.54, 1.807) is 10.8 Å². The van der Waals surface area contributed by atoms with Gasteiger partial charge in [-0.3, -0.25) is 0 Å². The summed E-state index contributed by atoms with van der Waals surface area (Å²) in [4.78, 5) is 4.29. The van der Waals surface area contributed by atoms with Crippen molar-refractivity contribution in [1.29, 1.82) is 0 Å². The second-order valence-corrected chi connectivity index (χ2v) is 6.01. The largest absolute Gasteiger partial charge is 0.486 e. The van der Waals surface area contributed by atoms with E-state index in [4.69, 9.17) is 4.74 Å². The van der Waals surface area contributed by atoms with Crippen molar-refractivity contribution in [2.45, 2.75) is 13.2 Å². The molecule has 0 aliphatic carbocycles. The molecule has 0 atom stereocenters. The second-order valence-electron chi connectivity index (χ2n) is 6.01. The van der Waals surface area contributed by atoms with E-state index >= 15 is 0 Å². The Hall–Kier alpha value is -3.21. The van der Waals surface area contributed by atoms with E-state index in [2.05, 4.69) is 4.98 Å². The van der Waals surface area contributed by atoms with Crippen LogP contribution in [0.1, 0.15) is 11.1 Å². The topological polar surface area (TPSA) is 27.1 Å². The van der Waals surface area contributed by atoms with Crippen molar-refractivity contribution in [3.8, 4) is 5.75 Å². The van der Waals surface area contributed by atoms with Crippen LogP contribution in [0, 0.1) is 11.6 Å². The summed E-state index contributed by atoms with van der Waals surface area (Å²) in [6.07, 6.45) is 3.49. The minimum atomic E-state index is -0.582. The summed E-state index contributed by atoms with van der Waals surface area (Å²) in [6, 6.07) is 17.3. The van der Waals surface area contributed by atoms with Gasteiger partial charge in [0.1, 0.15) is 18.1 Å². The van der Waals surface area contributed by atoms with Crippen LogP contribution in [0.2, 0.25) is 0 Å². The Morgan fingerprint density at radius 3 is 2.62 bits per heavy atom. The Morgan fingerprint density at radius 2 is 1.77 bits per heavy atom. The van der Waals surface area contributed by atoms with Crippen LogP contribution in [0.15, 0.2) is 73.1 Å². The quantitative estimate of drug-likeness (QED) is 0.510. The molecule has 0 saturated heterocycles. The average Bonchev–Trinajstić information content (AvgIpc) is 3.07. The highest BCUT2D eigenvalue weighted by Gasteiger charge is 2.13. The molecule has 0 aliphatic heterocycles. The molecule has 2 aromatic heterocycles. The molecule has 0 radical (unpaired) electrons. The van der Waals surface area contributed by atoms with Gasteiger partial charge in [-0.05, 0) is 29.8 Å². The maximum absolute atomic E-state index is 14.5. The second kappa shape index (κ2) is 6.96. The number of rotatable bonds is 5. The molecule has 5 heteroatoms. The molecule has 4 aromatic rings. The number of aromatic nitrogens is 2. The normalized spacial score (nSPS) is 11.0. The first-order valence-corrected chi connectivity index (χ1v) is 8.25. The first-order valence-electron chi connectivity index (χ1n) is 8.25. The maximum Gasteiger partial charge on any atom is 0.165 e. The molecule has 2 heterocycles. The van der Waals surface area contributed by atoms with Crippen molar-refractivity contribution >= 4 is 11.0 Å². The van der Waals surface area contributed by atoms with Gasteiger partial charge in [0.15, 0.2) is 11.6 Å². The molecule has 3 nitrogen and oxygen atoms in total. The minimum absolute atomic E-state index is 0.0920. The SMILES string of the molecule is Fc1cc(OCc2ccccc2)c(F)cc1Cn1ccc2cccnc21. The van der Waals surface area contributed by atoms with Gasteiger partial charge in [-0.15, -0.1) is 0 Å². The average molecular weight is 350 g/mol. The molecule has 0 aliphatic rings. The lowest BCUT2D eigenvalue weighted by Gasteiger charge is -2.11. The summed E-state index contributed by atoms with van der Waals surface area (Å²) in [6.45, 7) is 0.380. The lowest BCUT2D eigenvalue weighted by molar-refractivity contribution is 0.288. The van der Waals surface area contributed by atoms with Gasteiger partial charge >= 0.3 is 0 Å². The monoisotopic (exact) mass is 350 g/mol. The molecule has 0 saturated carbocycles. The molecular formula is C21H16F2N2O. The van der Waals surface area contributed by atoms with Gasteiger partial charge in [-0.1, -0.05) is 30.3 Å². The van der Waals surface area contributed by atoms with Crippen LogP contribution in [-0.4, -0.2) is 9.55 Å². The highest BCUT2D eigenvalue weighted by Crippen LogP contribution is 2.24. The van der Waals surface area contributed by atoms with Crippen LogP contribution in [-0.2, 0) is 13.2 Å². The Bertz CT molecular complexity index is 1040. The Morgan fingerprint density at radius 1 is 0.923 bits per heavy atom. The Labute approximate surface area is 149 Å². The molecule has 0 amide bonds. The van der Waals surface area contributed by atoms with Crippen LogP contribution in [0.25, 0.3) is 11.0 Å². The van der Waals surface area contributed by atoms with Crippen molar-refractivity contribution in [3.63, 3.8) is 0 Å². The van der Waals surface area contributed by atoms with Gasteiger partial charge in [0.25, 0.3) is 0 Å². The number of hydrogen-bond donors (Lipinski definition) is 0. The first kappa shape index (κ1) is 16.3. The number of benzene rings is 2. The molecule has 0 spiro atoms. The fraction of sp³-hybridized carbons (Fsp3) is 0.0952. The lowest BCUT2D eigenvalue weighted by Crippen LogP contribution is -2.04. The molecule has 4 rings (SSSR count). The molecule has 26 heavy (non-hydrogen) atoms. The molecule has 2 aromatic carbocycles. The van der Waals surface area contributed by atoms with Gasteiger partial charge < -0.3 is 9.30 Å². The lowest BCUT2D eigenvalue weighted by atomic mass is 10.2. The van der Waals surface area contributed by atoms with E-state index in [-0.39, 0.29) is 24.5 Å². The summed E-state index contributed by atoms with van der Waals surface area (Å²) >= 11 is 0. The van der Waals surface area contributed by atoms with Crippen LogP contribution in [0.3, 0.4) is 0 Å². The molecular weight excluding hydrogens is 334 g/mol. The smallest absolute Gasteiger partial charge is 0.165 e. The van der Waals surface area contributed by atoms with Crippen molar-refractivity contribution < 1.29 is 13.5 Å². The van der Waals surface area contributed by atoms with Crippen molar-refractivity contribution in [2.75, 3.05) is 0 Å². The van der Waals surface area contributed by atoms with Crippen molar-refractivity contribution in [2.24, 2.45) is 0 Å². The highest BCUT2D eigenvalue weighted by molar-refractivity contribution is 5.75. The van der Waals surface area contributed by atoms with E-state index in [9.17, 15) is 8.78 Å². The van der Waals surface area contributed by atoms with Gasteiger partial charge in [-0.2, -0.15) is 0 Å². The molecule has 130 valence electrons. The third-order valence-corrected chi connectivity index (χ3v) is 4.20. The first-order chi connectivity index (χ1) is 12.7. The van der Waals surface area contributed by atoms with Crippen molar-refractivity contribution in [3.05, 3.63) is 95.8 Å². The highest BCUT2D eigenvalue weighted by atomic mass is 19.1. The zero-order valence-corrected chi connectivity index (χ0v) is 13.9. The molecule has 0 fully saturated rings. The number of ether oxygens (including phenoxy) is 1. The summed E-state index contributed by atoms with van der Waals surface area (Å²) < 4.78 is 36.0. The minimum Gasteiger partial charge on any atom is -0.486 e. The van der Waals surface area contributed by atoms with E-state index in [0.29, 0.717) is 0 Å². The number of fused-ring (bicyclic) bond motifs is 1. The Kier molecular flexibility index (Phi) is 4.35. The van der Waals surface area contributed by atoms with E-state index < -0.39 is 11.6 Å². The number of hydrogen-bond acceptors (Lipinski definition) is 2. The molecule has 0 unspecified atom stereocenters. The summed E-state index contributed by atoms with van der Waals surface area (Å²) in [5.41, 5.74) is 1.87. The van der Waals surface area contributed by atoms with E-state index in [1.807, 2.05) is 54.7 Å². The third-order valence-electron chi connectivity index (χ3n) is 4.20. The van der Waals surface area contributed by atoms with Gasteiger partial charge in [0.05, 0.1) is 6.54 Å². The molecule has 0 N–H and O–H groups in total. The number of halogens is 2. The van der Waals surface area contributed by atoms with Crippen LogP contribution in [0.4, 0.5) is 8.78 Å². The summed E-state index contributed by atoms with van der Waals surface area (Å²) in [7, 11) is 0. The van der Waals surface area contributed by atoms with Crippen LogP contribution in [0.5, 0.6) is 5.75 Å². The fourth-order valence-corrected chi connectivity index (χ4v) is 2.87. The maximum atomic E-state index is 14.5. The van der Waals surface area contributed by atoms with Crippen LogP contribution >= 0.6 is 0 Å². The number of nitrogens with zero attached hydrogens (tertiary/aromatic N) is 2. The molecule has 0 bridgehead atoms. The van der Waals surface area contributed by atoms with Crippen molar-refractivity contribution in [1.82, 2.24) is 9.55 Å². The summed E-state index contributed by atoms with van der Waals surface area (Å²) in [5, 5.41) is 0.955. The zero-order valence-electron chi connectivity index (χ0n) is 13.9. The fourth-order valence-electron chi connectivity index (χ4n) is 2.87. The number of pyridine rings is 1. The predicted octanol–water partition coefficient (Wildman–Crippen LogP) is 4.94.